The van der Waals surface area contributed by atoms with Crippen molar-refractivity contribution in [3.63, 3.8) is 0 Å². The van der Waals surface area contributed by atoms with E-state index in [0.717, 1.165) is 25.2 Å². The van der Waals surface area contributed by atoms with Gasteiger partial charge in [-0.2, -0.15) is 0 Å². The first-order chi connectivity index (χ1) is 10.5. The molecule has 0 bridgehead atoms. The number of benzene rings is 1. The van der Waals surface area contributed by atoms with Crippen LogP contribution in [-0.4, -0.2) is 42.1 Å². The molecule has 1 amide bonds. The lowest BCUT2D eigenvalue weighted by Crippen LogP contribution is -2.45. The van der Waals surface area contributed by atoms with Gasteiger partial charge in [-0.3, -0.25) is 9.69 Å². The number of rotatable bonds is 5. The van der Waals surface area contributed by atoms with Crippen LogP contribution in [0.2, 0.25) is 0 Å². The largest absolute Gasteiger partial charge is 0.373 e. The summed E-state index contributed by atoms with van der Waals surface area (Å²) in [5.74, 6) is -0.122. The summed E-state index contributed by atoms with van der Waals surface area (Å²) in [5.41, 5.74) is 7.97. The fraction of sp³-hybridized carbons (Fsp3) is 0.588. The molecule has 22 heavy (non-hydrogen) atoms. The third-order valence-electron chi connectivity index (χ3n) is 3.87. The molecule has 2 rings (SSSR count). The van der Waals surface area contributed by atoms with Gasteiger partial charge < -0.3 is 15.8 Å². The molecule has 3 N–H and O–H groups in total. The van der Waals surface area contributed by atoms with E-state index in [1.54, 1.807) is 6.92 Å². The van der Waals surface area contributed by atoms with Crippen molar-refractivity contribution in [3.8, 4) is 0 Å². The Balaban J connectivity index is 2.00. The minimum absolute atomic E-state index is 0.122. The standard InChI is InChI=1S/C17H27N3O2/c1-12-9-20(10-13(2)22-12)11-16-7-5-4-6-15(16)8-19-17(21)14(3)18/h4-7,12-14H,8-11,18H2,1-3H3,(H,19,21)/t12-,13+,14-/m0/s1. The quantitative estimate of drug-likeness (QED) is 0.859. The van der Waals surface area contributed by atoms with Crippen LogP contribution < -0.4 is 11.1 Å². The first-order valence-corrected chi connectivity index (χ1v) is 7.93. The molecule has 1 saturated heterocycles. The molecule has 0 unspecified atom stereocenters. The van der Waals surface area contributed by atoms with E-state index in [-0.39, 0.29) is 18.1 Å². The fourth-order valence-electron chi connectivity index (χ4n) is 2.88. The lowest BCUT2D eigenvalue weighted by Gasteiger charge is -2.35. The molecule has 0 aliphatic carbocycles. The van der Waals surface area contributed by atoms with Gasteiger partial charge in [0.25, 0.3) is 0 Å². The molecule has 1 fully saturated rings. The number of nitrogens with one attached hydrogen (secondary N) is 1. The number of nitrogens with two attached hydrogens (primary N) is 1. The first kappa shape index (κ1) is 16.9. The van der Waals surface area contributed by atoms with Crippen molar-refractivity contribution in [1.29, 1.82) is 0 Å². The highest BCUT2D eigenvalue weighted by molar-refractivity contribution is 5.80. The maximum Gasteiger partial charge on any atom is 0.236 e. The molecule has 0 radical (unpaired) electrons. The Bertz CT molecular complexity index is 494. The predicted molar refractivity (Wildman–Crippen MR) is 87.2 cm³/mol. The van der Waals surface area contributed by atoms with Gasteiger partial charge in [0.2, 0.25) is 5.91 Å². The number of ether oxygens (including phenoxy) is 1. The molecule has 1 aromatic carbocycles. The molecular weight excluding hydrogens is 278 g/mol. The summed E-state index contributed by atoms with van der Waals surface area (Å²) in [6.45, 7) is 9.18. The van der Waals surface area contributed by atoms with Gasteiger partial charge in [0.15, 0.2) is 0 Å². The van der Waals surface area contributed by atoms with Crippen molar-refractivity contribution in [1.82, 2.24) is 10.2 Å². The van der Waals surface area contributed by atoms with Gasteiger partial charge in [0, 0.05) is 26.2 Å². The summed E-state index contributed by atoms with van der Waals surface area (Å²) in [6.07, 6.45) is 0.516. The van der Waals surface area contributed by atoms with Crippen LogP contribution in [0.1, 0.15) is 31.9 Å². The van der Waals surface area contributed by atoms with E-state index in [9.17, 15) is 4.79 Å². The number of carbonyl (C=O) groups excluding carboxylic acids is 1. The zero-order valence-electron chi connectivity index (χ0n) is 13.7. The average Bonchev–Trinajstić information content (AvgIpc) is 2.44. The van der Waals surface area contributed by atoms with Crippen molar-refractivity contribution in [2.24, 2.45) is 5.73 Å². The summed E-state index contributed by atoms with van der Waals surface area (Å²) in [7, 11) is 0. The molecule has 0 saturated carbocycles. The molecule has 3 atom stereocenters. The van der Waals surface area contributed by atoms with Crippen LogP contribution in [0.4, 0.5) is 0 Å². The number of nitrogens with zero attached hydrogens (tertiary/aromatic N) is 1. The van der Waals surface area contributed by atoms with Gasteiger partial charge in [-0.1, -0.05) is 24.3 Å². The zero-order valence-corrected chi connectivity index (χ0v) is 13.7. The van der Waals surface area contributed by atoms with Gasteiger partial charge in [-0.25, -0.2) is 0 Å². The Labute approximate surface area is 132 Å². The van der Waals surface area contributed by atoms with Crippen LogP contribution in [-0.2, 0) is 22.6 Å². The van der Waals surface area contributed by atoms with Crippen molar-refractivity contribution < 1.29 is 9.53 Å². The highest BCUT2D eigenvalue weighted by Crippen LogP contribution is 2.17. The van der Waals surface area contributed by atoms with Crippen LogP contribution in [0.25, 0.3) is 0 Å². The molecule has 122 valence electrons. The zero-order chi connectivity index (χ0) is 16.1. The fourth-order valence-corrected chi connectivity index (χ4v) is 2.88. The van der Waals surface area contributed by atoms with Crippen molar-refractivity contribution in [3.05, 3.63) is 35.4 Å². The van der Waals surface area contributed by atoms with Crippen molar-refractivity contribution >= 4 is 5.91 Å². The van der Waals surface area contributed by atoms with E-state index in [1.807, 2.05) is 12.1 Å². The van der Waals surface area contributed by atoms with Crippen molar-refractivity contribution in [2.45, 2.75) is 52.1 Å². The Morgan fingerprint density at radius 3 is 2.50 bits per heavy atom. The summed E-state index contributed by atoms with van der Waals surface area (Å²) in [5, 5.41) is 2.89. The normalized spacial score (nSPS) is 24.0. The second-order valence-corrected chi connectivity index (χ2v) is 6.23. The van der Waals surface area contributed by atoms with E-state index in [4.69, 9.17) is 10.5 Å². The highest BCUT2D eigenvalue weighted by atomic mass is 16.5. The lowest BCUT2D eigenvalue weighted by molar-refractivity contribution is -0.122. The number of carbonyl (C=O) groups is 1. The molecule has 0 aromatic heterocycles. The minimum atomic E-state index is -0.479. The topological polar surface area (TPSA) is 67.6 Å². The SMILES string of the molecule is C[C@@H]1CN(Cc2ccccc2CNC(=O)[C@H](C)N)C[C@H](C)O1. The third-order valence-corrected chi connectivity index (χ3v) is 3.87. The summed E-state index contributed by atoms with van der Waals surface area (Å²) in [4.78, 5) is 14.0. The first-order valence-electron chi connectivity index (χ1n) is 7.93. The molecule has 1 aliphatic rings. The number of hydrogen-bond acceptors (Lipinski definition) is 4. The molecule has 5 nitrogen and oxygen atoms in total. The molecule has 5 heteroatoms. The maximum absolute atomic E-state index is 11.6. The number of morpholine rings is 1. The van der Waals surface area contributed by atoms with E-state index in [1.165, 1.54) is 5.56 Å². The summed E-state index contributed by atoms with van der Waals surface area (Å²) < 4.78 is 5.78. The van der Waals surface area contributed by atoms with Gasteiger partial charge in [-0.15, -0.1) is 0 Å². The Hall–Kier alpha value is -1.43. The van der Waals surface area contributed by atoms with Crippen LogP contribution >= 0.6 is 0 Å². The highest BCUT2D eigenvalue weighted by Gasteiger charge is 2.22. The Morgan fingerprint density at radius 1 is 1.32 bits per heavy atom. The minimum Gasteiger partial charge on any atom is -0.373 e. The van der Waals surface area contributed by atoms with Gasteiger partial charge in [0.05, 0.1) is 18.2 Å². The van der Waals surface area contributed by atoms with Gasteiger partial charge in [-0.05, 0) is 31.9 Å². The third kappa shape index (κ3) is 4.80. The van der Waals surface area contributed by atoms with E-state index >= 15 is 0 Å². The monoisotopic (exact) mass is 305 g/mol. The second-order valence-electron chi connectivity index (χ2n) is 6.23. The predicted octanol–water partition coefficient (Wildman–Crippen LogP) is 1.26. The second kappa shape index (κ2) is 7.72. The Kier molecular flexibility index (Phi) is 5.94. The molecule has 1 aliphatic heterocycles. The average molecular weight is 305 g/mol. The summed E-state index contributed by atoms with van der Waals surface area (Å²) >= 11 is 0. The molecule has 0 spiro atoms. The van der Waals surface area contributed by atoms with E-state index in [0.29, 0.717) is 6.54 Å². The van der Waals surface area contributed by atoms with Crippen LogP contribution in [0.3, 0.4) is 0 Å². The van der Waals surface area contributed by atoms with E-state index < -0.39 is 6.04 Å². The molecular formula is C17H27N3O2. The van der Waals surface area contributed by atoms with Crippen molar-refractivity contribution in [2.75, 3.05) is 13.1 Å². The number of amides is 1. The summed E-state index contributed by atoms with van der Waals surface area (Å²) in [6, 6.07) is 7.75. The number of hydrogen-bond donors (Lipinski definition) is 2. The maximum atomic E-state index is 11.6. The van der Waals surface area contributed by atoms with Gasteiger partial charge in [0.1, 0.15) is 0 Å². The van der Waals surface area contributed by atoms with Gasteiger partial charge >= 0.3 is 0 Å². The smallest absolute Gasteiger partial charge is 0.236 e. The van der Waals surface area contributed by atoms with E-state index in [2.05, 4.69) is 36.2 Å². The Morgan fingerprint density at radius 2 is 1.91 bits per heavy atom. The van der Waals surface area contributed by atoms with Crippen LogP contribution in [0.5, 0.6) is 0 Å². The van der Waals surface area contributed by atoms with Crippen LogP contribution in [0, 0.1) is 0 Å². The molecule has 1 heterocycles. The molecule has 1 aromatic rings. The lowest BCUT2D eigenvalue weighted by atomic mass is 10.1. The van der Waals surface area contributed by atoms with Crippen LogP contribution in [0.15, 0.2) is 24.3 Å².